The lowest BCUT2D eigenvalue weighted by Gasteiger charge is -2.37. The first kappa shape index (κ1) is 31.1. The lowest BCUT2D eigenvalue weighted by atomic mass is 9.66. The van der Waals surface area contributed by atoms with Crippen LogP contribution in [0.3, 0.4) is 0 Å². The highest BCUT2D eigenvalue weighted by atomic mass is 16.3. The second-order valence-electron chi connectivity index (χ2n) is 15.5. The number of fused-ring (bicyclic) bond motifs is 8. The Balaban J connectivity index is 1.13. The van der Waals surface area contributed by atoms with Gasteiger partial charge in [0, 0.05) is 33.9 Å². The molecule has 0 saturated heterocycles. The average Bonchev–Trinajstić information content (AvgIpc) is 3.75. The first-order valence-electron chi connectivity index (χ1n) is 18.6. The van der Waals surface area contributed by atoms with E-state index in [1.807, 2.05) is 0 Å². The van der Waals surface area contributed by atoms with Crippen LogP contribution < -0.4 is 5.73 Å². The molecule has 0 spiro atoms. The second-order valence-corrected chi connectivity index (χ2v) is 15.5. The minimum atomic E-state index is -0.808. The molecule has 4 atom stereocenters. The molecule has 0 aliphatic heterocycles. The minimum absolute atomic E-state index is 0.0640. The van der Waals surface area contributed by atoms with Gasteiger partial charge in [-0.25, -0.2) is 0 Å². The average molecular weight is 672 g/mol. The molecule has 0 fully saturated rings. The van der Waals surface area contributed by atoms with Crippen LogP contribution in [0.2, 0.25) is 0 Å². The van der Waals surface area contributed by atoms with E-state index in [4.69, 9.17) is 10.2 Å². The SMILES string of the molecule is CC1(C)c2ccccc2-c2oc3c(-c4cccc([C@]5(N)C=C(c6ccccc6)C=C5C5=CC=C6C=CC=CC6C5)c4)cccc3c2C2C=CC=CC21. The normalized spacial score (nSPS) is 24.9. The molecular formula is C50H41NO. The van der Waals surface area contributed by atoms with E-state index in [9.17, 15) is 0 Å². The summed E-state index contributed by atoms with van der Waals surface area (Å²) in [4.78, 5) is 0. The van der Waals surface area contributed by atoms with Gasteiger partial charge in [-0.05, 0) is 80.5 Å². The predicted octanol–water partition coefficient (Wildman–Crippen LogP) is 12.1. The Morgan fingerprint density at radius 2 is 1.50 bits per heavy atom. The monoisotopic (exact) mass is 671 g/mol. The molecule has 5 aromatic rings. The van der Waals surface area contributed by atoms with Crippen molar-refractivity contribution < 1.29 is 4.42 Å². The molecule has 0 bridgehead atoms. The summed E-state index contributed by atoms with van der Waals surface area (Å²) in [5, 5.41) is 1.18. The second kappa shape index (κ2) is 11.7. The van der Waals surface area contributed by atoms with E-state index in [2.05, 4.69) is 184 Å². The number of para-hydroxylation sites is 1. The number of furan rings is 1. The van der Waals surface area contributed by atoms with Crippen molar-refractivity contribution in [3.8, 4) is 22.5 Å². The zero-order valence-electron chi connectivity index (χ0n) is 29.6. The van der Waals surface area contributed by atoms with Crippen LogP contribution in [0.5, 0.6) is 0 Å². The lowest BCUT2D eigenvalue weighted by molar-refractivity contribution is 0.357. The largest absolute Gasteiger partial charge is 0.455 e. The van der Waals surface area contributed by atoms with Crippen molar-refractivity contribution >= 4 is 16.5 Å². The maximum Gasteiger partial charge on any atom is 0.142 e. The molecule has 5 aliphatic carbocycles. The number of nitrogens with two attached hydrogens (primary N) is 1. The summed E-state index contributed by atoms with van der Waals surface area (Å²) in [6.45, 7) is 4.76. The molecule has 252 valence electrons. The predicted molar refractivity (Wildman–Crippen MR) is 216 cm³/mol. The molecule has 52 heavy (non-hydrogen) atoms. The highest BCUT2D eigenvalue weighted by molar-refractivity contribution is 5.99. The Kier molecular flexibility index (Phi) is 6.97. The number of benzene rings is 4. The molecule has 2 N–H and O–H groups in total. The van der Waals surface area contributed by atoms with E-state index in [1.54, 1.807) is 0 Å². The van der Waals surface area contributed by atoms with Crippen molar-refractivity contribution in [2.45, 2.75) is 37.1 Å². The van der Waals surface area contributed by atoms with Gasteiger partial charge in [0.25, 0.3) is 0 Å². The number of hydrogen-bond donors (Lipinski definition) is 1. The van der Waals surface area contributed by atoms with Gasteiger partial charge >= 0.3 is 0 Å². The molecule has 5 aliphatic rings. The Morgan fingerprint density at radius 3 is 2.40 bits per heavy atom. The molecule has 0 saturated carbocycles. The van der Waals surface area contributed by atoms with Crippen LogP contribution in [-0.4, -0.2) is 0 Å². The van der Waals surface area contributed by atoms with Gasteiger partial charge in [0.1, 0.15) is 11.3 Å². The summed E-state index contributed by atoms with van der Waals surface area (Å²) < 4.78 is 7.12. The Morgan fingerprint density at radius 1 is 0.731 bits per heavy atom. The molecule has 2 heteroatoms. The van der Waals surface area contributed by atoms with Gasteiger partial charge in [-0.2, -0.15) is 0 Å². The van der Waals surface area contributed by atoms with Crippen LogP contribution in [0.25, 0.3) is 39.0 Å². The molecule has 1 aromatic heterocycles. The first-order chi connectivity index (χ1) is 25.4. The van der Waals surface area contributed by atoms with Gasteiger partial charge in [0.05, 0.1) is 5.54 Å². The van der Waals surface area contributed by atoms with Gasteiger partial charge in [0.2, 0.25) is 0 Å². The Hall–Kier alpha value is -5.70. The van der Waals surface area contributed by atoms with E-state index < -0.39 is 5.54 Å². The summed E-state index contributed by atoms with van der Waals surface area (Å²) >= 11 is 0. The highest BCUT2D eigenvalue weighted by Crippen LogP contribution is 2.55. The Labute approximate surface area is 306 Å². The third kappa shape index (κ3) is 4.67. The summed E-state index contributed by atoms with van der Waals surface area (Å²) in [6, 6.07) is 34.9. The summed E-state index contributed by atoms with van der Waals surface area (Å²) in [7, 11) is 0. The minimum Gasteiger partial charge on any atom is -0.455 e. The smallest absolute Gasteiger partial charge is 0.142 e. The fraction of sp³-hybridized carbons (Fsp3) is 0.160. The molecule has 1 heterocycles. The van der Waals surface area contributed by atoms with Crippen LogP contribution in [0.1, 0.15) is 48.4 Å². The zero-order chi connectivity index (χ0) is 35.0. The third-order valence-corrected chi connectivity index (χ3v) is 12.2. The van der Waals surface area contributed by atoms with E-state index in [0.717, 1.165) is 45.6 Å². The lowest BCUT2D eigenvalue weighted by Crippen LogP contribution is -2.36. The Bertz CT molecular complexity index is 2540. The van der Waals surface area contributed by atoms with Crippen molar-refractivity contribution in [1.29, 1.82) is 0 Å². The molecular weight excluding hydrogens is 631 g/mol. The van der Waals surface area contributed by atoms with Crippen LogP contribution in [0.4, 0.5) is 0 Å². The van der Waals surface area contributed by atoms with E-state index in [0.29, 0.717) is 11.8 Å². The number of allylic oxidation sites excluding steroid dienone is 13. The van der Waals surface area contributed by atoms with E-state index in [-0.39, 0.29) is 11.3 Å². The van der Waals surface area contributed by atoms with Crippen LogP contribution in [0.15, 0.2) is 191 Å². The fourth-order valence-corrected chi connectivity index (χ4v) is 9.54. The fourth-order valence-electron chi connectivity index (χ4n) is 9.54. The maximum atomic E-state index is 7.68. The van der Waals surface area contributed by atoms with E-state index >= 15 is 0 Å². The standard InChI is InChI=1S/C50H41NO/c1-49(2)43-24-10-8-20-40(43)46-42-23-13-22-39(47(42)52-48(46)41-21-9-11-25-44(41)49)35-18-12-19-38(29-35)50(51)31-37(32-14-4-3-5-15-32)30-45(50)36-27-26-33-16-6-7-17-34(33)28-36/h3-27,29-31,34,40,43H,28,51H2,1-2H3/t34?,40?,43?,50-/m1/s1. The van der Waals surface area contributed by atoms with Crippen LogP contribution >= 0.6 is 0 Å². The van der Waals surface area contributed by atoms with Gasteiger partial charge < -0.3 is 10.2 Å². The molecule has 0 radical (unpaired) electrons. The molecule has 0 amide bonds. The van der Waals surface area contributed by atoms with Gasteiger partial charge in [0.15, 0.2) is 0 Å². The number of rotatable bonds is 4. The molecule has 2 nitrogen and oxygen atoms in total. The summed E-state index contributed by atoms with van der Waals surface area (Å²) in [6.07, 6.45) is 28.1. The first-order valence-corrected chi connectivity index (χ1v) is 18.6. The zero-order valence-corrected chi connectivity index (χ0v) is 29.6. The molecule has 3 unspecified atom stereocenters. The van der Waals surface area contributed by atoms with Crippen molar-refractivity contribution in [1.82, 2.24) is 0 Å². The van der Waals surface area contributed by atoms with Crippen molar-refractivity contribution in [3.05, 3.63) is 209 Å². The van der Waals surface area contributed by atoms with Crippen molar-refractivity contribution in [2.75, 3.05) is 0 Å². The van der Waals surface area contributed by atoms with Crippen LogP contribution in [0, 0.1) is 11.8 Å². The summed E-state index contributed by atoms with van der Waals surface area (Å²) in [5.74, 6) is 1.87. The van der Waals surface area contributed by atoms with E-state index in [1.165, 1.54) is 38.8 Å². The van der Waals surface area contributed by atoms with Gasteiger partial charge in [-0.3, -0.25) is 0 Å². The number of hydrogen-bond acceptors (Lipinski definition) is 2. The van der Waals surface area contributed by atoms with Crippen LogP contribution in [-0.2, 0) is 11.0 Å². The van der Waals surface area contributed by atoms with Crippen molar-refractivity contribution in [2.24, 2.45) is 17.6 Å². The molecule has 10 rings (SSSR count). The van der Waals surface area contributed by atoms with Gasteiger partial charge in [-0.15, -0.1) is 0 Å². The topological polar surface area (TPSA) is 39.2 Å². The van der Waals surface area contributed by atoms with Crippen molar-refractivity contribution in [3.63, 3.8) is 0 Å². The third-order valence-electron chi connectivity index (χ3n) is 12.2. The highest BCUT2D eigenvalue weighted by Gasteiger charge is 2.43. The summed E-state index contributed by atoms with van der Waals surface area (Å²) in [5.41, 5.74) is 20.9. The quantitative estimate of drug-likeness (QED) is 0.207. The molecule has 4 aromatic carbocycles. The van der Waals surface area contributed by atoms with Gasteiger partial charge in [-0.1, -0.05) is 166 Å². The maximum absolute atomic E-state index is 7.68.